The van der Waals surface area contributed by atoms with Crippen molar-refractivity contribution in [1.29, 1.82) is 0 Å². The van der Waals surface area contributed by atoms with Gasteiger partial charge in [-0.1, -0.05) is 12.8 Å². The molecule has 66 valence electrons. The fourth-order valence-electron chi connectivity index (χ4n) is 0.964. The van der Waals surface area contributed by atoms with E-state index in [0.29, 0.717) is 0 Å². The van der Waals surface area contributed by atoms with Crippen molar-refractivity contribution in [3.05, 3.63) is 12.2 Å². The first-order valence-corrected chi connectivity index (χ1v) is 4.30. The lowest BCUT2D eigenvalue weighted by Crippen LogP contribution is -1.76. The molecule has 0 unspecified atom stereocenters. The summed E-state index contributed by atoms with van der Waals surface area (Å²) in [5.74, 6) is 3.49. The highest BCUT2D eigenvalue weighted by molar-refractivity contribution is 5.44. The second-order valence-corrected chi connectivity index (χ2v) is 2.64. The minimum Gasteiger partial charge on any atom is -0.234 e. The van der Waals surface area contributed by atoms with Crippen LogP contribution in [0.1, 0.15) is 38.5 Å². The van der Waals surface area contributed by atoms with E-state index in [4.69, 9.17) is 0 Å². The summed E-state index contributed by atoms with van der Waals surface area (Å²) in [5, 5.41) is 0. The van der Waals surface area contributed by atoms with Gasteiger partial charge in [0.15, 0.2) is 0 Å². The lowest BCUT2D eigenvalue weighted by atomic mass is 10.1. The predicted molar refractivity (Wildman–Crippen MR) is 48.2 cm³/mol. The first-order chi connectivity index (χ1) is 5.91. The van der Waals surface area contributed by atoms with Crippen LogP contribution in [0.15, 0.2) is 12.2 Å². The van der Waals surface area contributed by atoms with Crippen LogP contribution in [-0.4, -0.2) is 11.9 Å². The summed E-state index contributed by atoms with van der Waals surface area (Å²) in [7, 11) is 0. The number of rotatable bonds is 7. The quantitative estimate of drug-likeness (QED) is 0.428. The molecule has 2 nitrogen and oxygen atoms in total. The summed E-state index contributed by atoms with van der Waals surface area (Å²) >= 11 is 0. The van der Waals surface area contributed by atoms with Crippen molar-refractivity contribution in [3.8, 4) is 0 Å². The van der Waals surface area contributed by atoms with Crippen LogP contribution in [0.3, 0.4) is 0 Å². The highest BCUT2D eigenvalue weighted by Gasteiger charge is 1.87. The zero-order chi connectivity index (χ0) is 9.07. The average Bonchev–Trinajstić information content (AvgIpc) is 2.10. The summed E-state index contributed by atoms with van der Waals surface area (Å²) in [6.07, 6.45) is 9.01. The maximum Gasteiger partial charge on any atom is 0.120 e. The van der Waals surface area contributed by atoms with Crippen molar-refractivity contribution < 1.29 is 9.59 Å². The van der Waals surface area contributed by atoms with E-state index in [9.17, 15) is 9.59 Å². The van der Waals surface area contributed by atoms with Gasteiger partial charge in [-0.15, -0.1) is 0 Å². The van der Waals surface area contributed by atoms with Gasteiger partial charge >= 0.3 is 0 Å². The number of unbranched alkanes of at least 4 members (excludes halogenated alkanes) is 5. The zero-order valence-electron chi connectivity index (χ0n) is 7.21. The molecule has 0 fully saturated rings. The Morgan fingerprint density at radius 1 is 0.750 bits per heavy atom. The van der Waals surface area contributed by atoms with Gasteiger partial charge in [0.05, 0.1) is 0 Å². The Labute approximate surface area is 73.0 Å². The molecule has 0 aromatic carbocycles. The molecule has 0 aliphatic heterocycles. The highest BCUT2D eigenvalue weighted by Crippen LogP contribution is 2.04. The first kappa shape index (κ1) is 10.9. The molecule has 0 aromatic rings. The third-order valence-corrected chi connectivity index (χ3v) is 1.61. The van der Waals surface area contributed by atoms with E-state index in [2.05, 4.69) is 0 Å². The molecule has 0 saturated heterocycles. The molecule has 0 bridgehead atoms. The van der Waals surface area contributed by atoms with Crippen LogP contribution in [0.25, 0.3) is 0 Å². The summed E-state index contributed by atoms with van der Waals surface area (Å²) in [5.41, 5.74) is 0. The van der Waals surface area contributed by atoms with E-state index in [1.54, 1.807) is 11.9 Å². The van der Waals surface area contributed by atoms with Gasteiger partial charge in [-0.3, -0.25) is 0 Å². The van der Waals surface area contributed by atoms with Crippen molar-refractivity contribution in [2.24, 2.45) is 0 Å². The number of hydrogen-bond donors (Lipinski definition) is 0. The van der Waals surface area contributed by atoms with Gasteiger partial charge in [0.2, 0.25) is 0 Å². The van der Waals surface area contributed by atoms with Crippen LogP contribution >= 0.6 is 0 Å². The van der Waals surface area contributed by atoms with E-state index in [0.717, 1.165) is 38.5 Å². The van der Waals surface area contributed by atoms with Crippen molar-refractivity contribution >= 4 is 11.9 Å². The van der Waals surface area contributed by atoms with Crippen LogP contribution < -0.4 is 0 Å². The minimum absolute atomic E-state index is 0.826. The standard InChI is InChI=1S/C10H14O2/c11-9-7-5-3-1-2-4-6-8-10-12/h7-8H,1-6H2. The zero-order valence-corrected chi connectivity index (χ0v) is 7.21. The van der Waals surface area contributed by atoms with Gasteiger partial charge in [-0.25, -0.2) is 9.59 Å². The van der Waals surface area contributed by atoms with Crippen molar-refractivity contribution in [3.63, 3.8) is 0 Å². The molecule has 0 aliphatic carbocycles. The van der Waals surface area contributed by atoms with Crippen LogP contribution in [0, 0.1) is 0 Å². The maximum absolute atomic E-state index is 9.75. The molecular formula is C10H14O2. The summed E-state index contributed by atoms with van der Waals surface area (Å²) in [4.78, 5) is 19.5. The fourth-order valence-corrected chi connectivity index (χ4v) is 0.964. The monoisotopic (exact) mass is 166 g/mol. The molecule has 0 rings (SSSR count). The molecule has 0 N–H and O–H groups in total. The van der Waals surface area contributed by atoms with E-state index < -0.39 is 0 Å². The third-order valence-electron chi connectivity index (χ3n) is 1.61. The minimum atomic E-state index is 0.826. The molecule has 0 heterocycles. The maximum atomic E-state index is 9.75. The molecule has 0 aliphatic rings. The normalized spacial score (nSPS) is 8.33. The number of carbonyl (C=O) groups excluding carboxylic acids is 2. The molecule has 2 heteroatoms. The lowest BCUT2D eigenvalue weighted by molar-refractivity contribution is 0.565. The lowest BCUT2D eigenvalue weighted by Gasteiger charge is -1.94. The van der Waals surface area contributed by atoms with Crippen LogP contribution in [0.2, 0.25) is 0 Å². The van der Waals surface area contributed by atoms with Crippen LogP contribution in [0.5, 0.6) is 0 Å². The molecule has 0 saturated carbocycles. The molecule has 12 heavy (non-hydrogen) atoms. The van der Waals surface area contributed by atoms with Gasteiger partial charge in [0.25, 0.3) is 0 Å². The van der Waals surface area contributed by atoms with Crippen LogP contribution in [-0.2, 0) is 9.59 Å². The topological polar surface area (TPSA) is 34.1 Å². The van der Waals surface area contributed by atoms with Gasteiger partial charge in [0, 0.05) is 0 Å². The van der Waals surface area contributed by atoms with Crippen LogP contribution in [0.4, 0.5) is 0 Å². The largest absolute Gasteiger partial charge is 0.234 e. The first-order valence-electron chi connectivity index (χ1n) is 4.30. The Morgan fingerprint density at radius 2 is 1.17 bits per heavy atom. The Hall–Kier alpha value is -1.10. The molecule has 0 aromatic heterocycles. The second kappa shape index (κ2) is 9.90. The smallest absolute Gasteiger partial charge is 0.120 e. The van der Waals surface area contributed by atoms with Gasteiger partial charge < -0.3 is 0 Å². The van der Waals surface area contributed by atoms with E-state index in [-0.39, 0.29) is 0 Å². The van der Waals surface area contributed by atoms with E-state index in [1.165, 1.54) is 12.2 Å². The van der Waals surface area contributed by atoms with Gasteiger partial charge in [-0.2, -0.15) is 0 Å². The second-order valence-electron chi connectivity index (χ2n) is 2.64. The predicted octanol–water partition coefficient (Wildman–Crippen LogP) is 2.10. The number of hydrogen-bond acceptors (Lipinski definition) is 2. The Balaban J connectivity index is 3.00. The Kier molecular flexibility index (Phi) is 8.99. The molecule has 0 atom stereocenters. The molecule has 0 amide bonds. The molecule has 0 spiro atoms. The Morgan fingerprint density at radius 3 is 1.50 bits per heavy atom. The molecule has 0 radical (unpaired) electrons. The molecular weight excluding hydrogens is 152 g/mol. The summed E-state index contributed by atoms with van der Waals surface area (Å²) < 4.78 is 0. The van der Waals surface area contributed by atoms with E-state index >= 15 is 0 Å². The highest BCUT2D eigenvalue weighted by atomic mass is 16.1. The fraction of sp³-hybridized carbons (Fsp3) is 0.600. The Bertz CT molecular complexity index is 162. The van der Waals surface area contributed by atoms with Gasteiger partial charge in [-0.05, 0) is 37.8 Å². The SMILES string of the molecule is O=C=CCCCCCCC=C=O. The average molecular weight is 166 g/mol. The van der Waals surface area contributed by atoms with Crippen molar-refractivity contribution in [2.45, 2.75) is 38.5 Å². The van der Waals surface area contributed by atoms with Crippen molar-refractivity contribution in [2.75, 3.05) is 0 Å². The summed E-state index contributed by atoms with van der Waals surface area (Å²) in [6, 6.07) is 0. The van der Waals surface area contributed by atoms with Crippen molar-refractivity contribution in [1.82, 2.24) is 0 Å². The van der Waals surface area contributed by atoms with Gasteiger partial charge in [0.1, 0.15) is 11.9 Å². The summed E-state index contributed by atoms with van der Waals surface area (Å²) in [6.45, 7) is 0. The third kappa shape index (κ3) is 8.90. The van der Waals surface area contributed by atoms with E-state index in [1.807, 2.05) is 0 Å². The number of allylic oxidation sites excluding steroid dienone is 2.